The van der Waals surface area contributed by atoms with Gasteiger partial charge in [-0.2, -0.15) is 13.2 Å². The molecule has 8 nitrogen and oxygen atoms in total. The Morgan fingerprint density at radius 1 is 1.00 bits per heavy atom. The van der Waals surface area contributed by atoms with Crippen LogP contribution >= 0.6 is 0 Å². The number of nitrogens with one attached hydrogen (secondary N) is 1. The fourth-order valence-electron chi connectivity index (χ4n) is 3.92. The van der Waals surface area contributed by atoms with Gasteiger partial charge in [0.1, 0.15) is 11.5 Å². The van der Waals surface area contributed by atoms with Crippen molar-refractivity contribution >= 4 is 38.2 Å². The van der Waals surface area contributed by atoms with E-state index >= 15 is 0 Å². The normalized spacial score (nSPS) is 13.2. The van der Waals surface area contributed by atoms with E-state index in [0.717, 1.165) is 11.5 Å². The number of aliphatic imine (C=N–C) groups is 1. The topological polar surface area (TPSA) is 153 Å². The Labute approximate surface area is 216 Å². The Balaban J connectivity index is 1.76. The molecule has 0 atom stereocenters. The maximum Gasteiger partial charge on any atom is 0.430 e. The van der Waals surface area contributed by atoms with E-state index in [1.807, 2.05) is 0 Å². The van der Waals surface area contributed by atoms with Gasteiger partial charge in [-0.1, -0.05) is 36.4 Å². The number of primary sulfonamides is 1. The van der Waals surface area contributed by atoms with Crippen LogP contribution in [0.3, 0.4) is 0 Å². The molecule has 0 unspecified atom stereocenters. The summed E-state index contributed by atoms with van der Waals surface area (Å²) in [5.74, 6) is -0.204. The molecule has 0 aliphatic heterocycles. The first-order valence-electron chi connectivity index (χ1n) is 11.1. The van der Waals surface area contributed by atoms with Gasteiger partial charge < -0.3 is 16.0 Å². The van der Waals surface area contributed by atoms with E-state index < -0.39 is 21.9 Å². The van der Waals surface area contributed by atoms with Gasteiger partial charge in [-0.3, -0.25) is 10.4 Å². The Morgan fingerprint density at radius 2 is 1.74 bits per heavy atom. The van der Waals surface area contributed by atoms with Crippen molar-refractivity contribution < 1.29 is 21.6 Å². The number of hydrogen-bond acceptors (Lipinski definition) is 5. The van der Waals surface area contributed by atoms with Crippen molar-refractivity contribution in [1.82, 2.24) is 4.57 Å². The minimum atomic E-state index is -4.74. The third kappa shape index (κ3) is 5.93. The van der Waals surface area contributed by atoms with E-state index in [1.54, 1.807) is 71.4 Å². The Kier molecular flexibility index (Phi) is 7.11. The molecular weight excluding hydrogens is 517 g/mol. The van der Waals surface area contributed by atoms with E-state index in [4.69, 9.17) is 22.0 Å². The van der Waals surface area contributed by atoms with Crippen molar-refractivity contribution in [2.75, 3.05) is 0 Å². The van der Waals surface area contributed by atoms with E-state index in [0.29, 0.717) is 27.9 Å². The van der Waals surface area contributed by atoms with Gasteiger partial charge in [0.05, 0.1) is 22.8 Å². The molecule has 0 saturated carbocycles. The highest BCUT2D eigenvalue weighted by atomic mass is 32.2. The molecule has 4 aromatic rings. The average molecular weight is 541 g/mol. The molecule has 12 heteroatoms. The second-order valence-corrected chi connectivity index (χ2v) is 9.95. The van der Waals surface area contributed by atoms with Crippen molar-refractivity contribution in [1.29, 1.82) is 5.41 Å². The van der Waals surface area contributed by atoms with Gasteiger partial charge in [0.2, 0.25) is 10.0 Å². The first kappa shape index (κ1) is 26.6. The van der Waals surface area contributed by atoms with Crippen LogP contribution in [0.4, 0.5) is 18.9 Å². The zero-order chi connectivity index (χ0) is 27.7. The molecule has 3 aromatic carbocycles. The van der Waals surface area contributed by atoms with Crippen LogP contribution in [0.2, 0.25) is 0 Å². The van der Waals surface area contributed by atoms with Crippen LogP contribution < -0.4 is 16.6 Å². The Morgan fingerprint density at radius 3 is 2.42 bits per heavy atom. The first-order chi connectivity index (χ1) is 17.8. The van der Waals surface area contributed by atoms with Gasteiger partial charge >= 0.3 is 6.18 Å². The number of nitrogens with two attached hydrogens (primary N) is 3. The molecular formula is C26H23F3N6O2S. The maximum absolute atomic E-state index is 13.2. The summed E-state index contributed by atoms with van der Waals surface area (Å²) in [7, 11) is -3.96. The second-order valence-electron chi connectivity index (χ2n) is 8.42. The lowest BCUT2D eigenvalue weighted by Gasteiger charge is -2.11. The molecule has 0 amide bonds. The number of nitrogens with zero attached hydrogens (tertiary/aromatic N) is 2. The molecule has 1 heterocycles. The summed E-state index contributed by atoms with van der Waals surface area (Å²) in [5, 5.41) is 13.7. The third-order valence-electron chi connectivity index (χ3n) is 5.69. The van der Waals surface area contributed by atoms with Crippen molar-refractivity contribution in [3.8, 4) is 11.1 Å². The SMILES string of the molecule is N=C(N)c1cccc(N=C(C=C(N)C(F)(F)F)Cn2ccc3cc(-c4ccccc4S(N)(=O)=O)ccc32)c1. The summed E-state index contributed by atoms with van der Waals surface area (Å²) in [4.78, 5) is 4.33. The summed E-state index contributed by atoms with van der Waals surface area (Å²) in [6.07, 6.45) is -2.30. The predicted molar refractivity (Wildman–Crippen MR) is 142 cm³/mol. The van der Waals surface area contributed by atoms with Crippen molar-refractivity contribution in [2.45, 2.75) is 17.6 Å². The maximum atomic E-state index is 13.2. The van der Waals surface area contributed by atoms with Crippen LogP contribution in [0.5, 0.6) is 0 Å². The molecule has 196 valence electrons. The summed E-state index contributed by atoms with van der Waals surface area (Å²) in [5.41, 5.74) is 11.9. The van der Waals surface area contributed by atoms with Crippen LogP contribution in [-0.4, -0.2) is 30.7 Å². The monoisotopic (exact) mass is 540 g/mol. The van der Waals surface area contributed by atoms with Crippen molar-refractivity contribution in [3.05, 3.63) is 96.3 Å². The number of aromatic nitrogens is 1. The number of fused-ring (bicyclic) bond motifs is 1. The number of alkyl halides is 3. The lowest BCUT2D eigenvalue weighted by Crippen LogP contribution is -2.21. The third-order valence-corrected chi connectivity index (χ3v) is 6.66. The molecule has 38 heavy (non-hydrogen) atoms. The summed E-state index contributed by atoms with van der Waals surface area (Å²) >= 11 is 0. The fourth-order valence-corrected chi connectivity index (χ4v) is 4.68. The molecule has 0 fully saturated rings. The van der Waals surface area contributed by atoms with Crippen LogP contribution in [0.25, 0.3) is 22.0 Å². The van der Waals surface area contributed by atoms with Gasteiger partial charge in [0.15, 0.2) is 0 Å². The zero-order valence-electron chi connectivity index (χ0n) is 19.8. The largest absolute Gasteiger partial charge is 0.430 e. The molecule has 0 aliphatic carbocycles. The van der Waals surface area contributed by atoms with Crippen LogP contribution in [0.15, 0.2) is 101 Å². The highest BCUT2D eigenvalue weighted by Crippen LogP contribution is 2.30. The lowest BCUT2D eigenvalue weighted by molar-refractivity contribution is -0.0925. The first-order valence-corrected chi connectivity index (χ1v) is 12.6. The minimum absolute atomic E-state index is 0.0154. The van der Waals surface area contributed by atoms with E-state index in [9.17, 15) is 21.6 Å². The number of rotatable bonds is 7. The number of amidine groups is 1. The molecule has 7 N–H and O–H groups in total. The average Bonchev–Trinajstić information content (AvgIpc) is 3.25. The Hall–Kier alpha value is -4.42. The molecule has 1 aromatic heterocycles. The molecule has 0 saturated heterocycles. The molecule has 0 aliphatic rings. The van der Waals surface area contributed by atoms with Crippen LogP contribution in [0.1, 0.15) is 5.56 Å². The number of halogens is 3. The van der Waals surface area contributed by atoms with E-state index in [1.165, 1.54) is 12.1 Å². The van der Waals surface area contributed by atoms with Gasteiger partial charge in [0, 0.05) is 28.2 Å². The van der Waals surface area contributed by atoms with Gasteiger partial charge in [-0.15, -0.1) is 0 Å². The highest BCUT2D eigenvalue weighted by molar-refractivity contribution is 7.89. The van der Waals surface area contributed by atoms with Crippen LogP contribution in [0, 0.1) is 5.41 Å². The second kappa shape index (κ2) is 10.1. The van der Waals surface area contributed by atoms with Gasteiger partial charge in [-0.25, -0.2) is 13.6 Å². The molecule has 0 radical (unpaired) electrons. The minimum Gasteiger partial charge on any atom is -0.395 e. The summed E-state index contributed by atoms with van der Waals surface area (Å²) in [6.45, 7) is -0.0578. The smallest absolute Gasteiger partial charge is 0.395 e. The quantitative estimate of drug-likeness (QED) is 0.202. The summed E-state index contributed by atoms with van der Waals surface area (Å²) in [6, 6.07) is 19.5. The number of allylic oxidation sites excluding steroid dienone is 2. The van der Waals surface area contributed by atoms with E-state index in [-0.39, 0.29) is 23.0 Å². The predicted octanol–water partition coefficient (Wildman–Crippen LogP) is 4.42. The van der Waals surface area contributed by atoms with E-state index in [2.05, 4.69) is 4.99 Å². The van der Waals surface area contributed by atoms with Gasteiger partial charge in [-0.05, 0) is 48.0 Å². The lowest BCUT2D eigenvalue weighted by atomic mass is 10.0. The fraction of sp³-hybridized carbons (Fsp3) is 0.0769. The molecule has 0 spiro atoms. The van der Waals surface area contributed by atoms with Gasteiger partial charge in [0.25, 0.3) is 0 Å². The Bertz CT molecular complexity index is 1710. The number of hydrogen-bond donors (Lipinski definition) is 4. The number of benzene rings is 3. The summed E-state index contributed by atoms with van der Waals surface area (Å²) < 4.78 is 65.4. The van der Waals surface area contributed by atoms with Crippen molar-refractivity contribution in [2.24, 2.45) is 21.6 Å². The highest BCUT2D eigenvalue weighted by Gasteiger charge is 2.31. The molecule has 0 bridgehead atoms. The van der Waals surface area contributed by atoms with Crippen molar-refractivity contribution in [3.63, 3.8) is 0 Å². The zero-order valence-corrected chi connectivity index (χ0v) is 20.6. The number of sulfonamides is 1. The number of nitrogen functional groups attached to an aromatic ring is 1. The van der Waals surface area contributed by atoms with Crippen LogP contribution in [-0.2, 0) is 16.6 Å². The standard InChI is InChI=1S/C26H23F3N6O2S/c27-26(28,29)24(30)14-20(34-19-5-3-4-18(13-19)25(31)32)15-35-11-10-17-12-16(8-9-22(17)35)21-6-1-2-7-23(21)38(33,36)37/h1-14H,15,30H2,(H3,31,32)(H2,33,36,37). The molecule has 4 rings (SSSR count).